The summed E-state index contributed by atoms with van der Waals surface area (Å²) in [6.07, 6.45) is 0.252. The van der Waals surface area contributed by atoms with Gasteiger partial charge in [-0.1, -0.05) is 23.8 Å². The molecular formula is C14H15NO3. The van der Waals surface area contributed by atoms with Crippen LogP contribution in [-0.2, 0) is 19.7 Å². The van der Waals surface area contributed by atoms with Crippen LogP contribution in [0.4, 0.5) is 5.69 Å². The third kappa shape index (κ3) is 1.61. The Balaban J connectivity index is 2.63. The molecule has 1 aromatic carbocycles. The van der Waals surface area contributed by atoms with Crippen LogP contribution in [-0.4, -0.2) is 19.0 Å². The first-order chi connectivity index (χ1) is 8.52. The summed E-state index contributed by atoms with van der Waals surface area (Å²) < 4.78 is 4.82. The van der Waals surface area contributed by atoms with Crippen molar-refractivity contribution in [2.24, 2.45) is 0 Å². The molecule has 1 aliphatic heterocycles. The molecule has 0 bridgehead atoms. The van der Waals surface area contributed by atoms with Gasteiger partial charge in [0, 0.05) is 11.3 Å². The Labute approximate surface area is 106 Å². The molecule has 94 valence electrons. The Kier molecular flexibility index (Phi) is 2.95. The van der Waals surface area contributed by atoms with Crippen LogP contribution in [0.2, 0.25) is 0 Å². The number of carbonyl (C=O) groups excluding carboxylic acids is 2. The molecule has 0 aliphatic carbocycles. The van der Waals surface area contributed by atoms with E-state index in [0.717, 1.165) is 5.57 Å². The van der Waals surface area contributed by atoms with Gasteiger partial charge in [-0.15, -0.1) is 6.58 Å². The number of anilines is 1. The van der Waals surface area contributed by atoms with Crippen LogP contribution in [0.3, 0.4) is 0 Å². The van der Waals surface area contributed by atoms with E-state index in [-0.39, 0.29) is 12.3 Å². The molecular weight excluding hydrogens is 230 g/mol. The largest absolute Gasteiger partial charge is 0.468 e. The molecule has 1 N–H and O–H groups in total. The van der Waals surface area contributed by atoms with Crippen molar-refractivity contribution in [3.05, 3.63) is 42.0 Å². The number of para-hydroxylation sites is 1. The molecule has 0 saturated heterocycles. The third-order valence-corrected chi connectivity index (χ3v) is 3.12. The molecule has 0 fully saturated rings. The lowest BCUT2D eigenvalue weighted by atomic mass is 9.77. The average molecular weight is 245 g/mol. The van der Waals surface area contributed by atoms with E-state index in [4.69, 9.17) is 4.74 Å². The molecule has 1 heterocycles. The highest BCUT2D eigenvalue weighted by molar-refractivity contribution is 6.19. The normalized spacial score (nSPS) is 21.1. The highest BCUT2D eigenvalue weighted by Gasteiger charge is 2.53. The number of nitrogens with one attached hydrogen (secondary N) is 1. The first-order valence-electron chi connectivity index (χ1n) is 5.66. The molecule has 2 rings (SSSR count). The zero-order valence-corrected chi connectivity index (χ0v) is 10.4. The number of methoxy groups -OCH3 is 1. The molecule has 1 aliphatic rings. The van der Waals surface area contributed by atoms with Crippen molar-refractivity contribution in [2.75, 3.05) is 12.4 Å². The molecule has 0 spiro atoms. The molecule has 0 saturated carbocycles. The van der Waals surface area contributed by atoms with Crippen LogP contribution in [0.5, 0.6) is 0 Å². The van der Waals surface area contributed by atoms with Crippen LogP contribution >= 0.6 is 0 Å². The molecule has 1 atom stereocenters. The predicted molar refractivity (Wildman–Crippen MR) is 68.2 cm³/mol. The standard InChI is InChI=1S/C14H15NO3/c1-9(2)8-14(13(17)18-3)10-6-4-5-7-11(10)15-12(14)16/h4-7H,1,8H2,2-3H3,(H,15,16)/t14-/m0/s1. The van der Waals surface area contributed by atoms with Gasteiger partial charge in [-0.2, -0.15) is 0 Å². The van der Waals surface area contributed by atoms with E-state index in [1.54, 1.807) is 25.1 Å². The van der Waals surface area contributed by atoms with Crippen molar-refractivity contribution in [1.82, 2.24) is 0 Å². The second-order valence-corrected chi connectivity index (χ2v) is 4.53. The maximum atomic E-state index is 12.2. The van der Waals surface area contributed by atoms with Crippen LogP contribution in [0, 0.1) is 0 Å². The van der Waals surface area contributed by atoms with E-state index in [2.05, 4.69) is 11.9 Å². The fraction of sp³-hybridized carbons (Fsp3) is 0.286. The number of ether oxygens (including phenoxy) is 1. The summed E-state index contributed by atoms with van der Waals surface area (Å²) in [4.78, 5) is 24.4. The van der Waals surface area contributed by atoms with Crippen LogP contribution < -0.4 is 5.32 Å². The Bertz CT molecular complexity index is 526. The van der Waals surface area contributed by atoms with Crippen molar-refractivity contribution in [3.63, 3.8) is 0 Å². The van der Waals surface area contributed by atoms with Gasteiger partial charge >= 0.3 is 5.97 Å². The fourth-order valence-electron chi connectivity index (χ4n) is 2.39. The maximum Gasteiger partial charge on any atom is 0.326 e. The maximum absolute atomic E-state index is 12.2. The SMILES string of the molecule is C=C(C)C[C@@]1(C(=O)OC)C(=O)Nc2ccccc21. The van der Waals surface area contributed by atoms with E-state index in [0.29, 0.717) is 11.3 Å². The quantitative estimate of drug-likeness (QED) is 0.503. The molecule has 4 nitrogen and oxygen atoms in total. The van der Waals surface area contributed by atoms with Crippen molar-refractivity contribution in [1.29, 1.82) is 0 Å². The van der Waals surface area contributed by atoms with Gasteiger partial charge in [0.15, 0.2) is 5.41 Å². The summed E-state index contributed by atoms with van der Waals surface area (Å²) >= 11 is 0. The molecule has 0 aromatic heterocycles. The first kappa shape index (κ1) is 12.4. The highest BCUT2D eigenvalue weighted by atomic mass is 16.5. The average Bonchev–Trinajstić information content (AvgIpc) is 2.62. The lowest BCUT2D eigenvalue weighted by Crippen LogP contribution is -2.43. The third-order valence-electron chi connectivity index (χ3n) is 3.12. The summed E-state index contributed by atoms with van der Waals surface area (Å²) in [6.45, 7) is 5.59. The predicted octanol–water partition coefficient (Wildman–Crippen LogP) is 2.02. The van der Waals surface area contributed by atoms with Crippen LogP contribution in [0.1, 0.15) is 18.9 Å². The Morgan fingerprint density at radius 3 is 2.72 bits per heavy atom. The zero-order chi connectivity index (χ0) is 13.3. The number of hydrogen-bond donors (Lipinski definition) is 1. The number of allylic oxidation sites excluding steroid dienone is 1. The van der Waals surface area contributed by atoms with Crippen molar-refractivity contribution >= 4 is 17.6 Å². The molecule has 18 heavy (non-hydrogen) atoms. The van der Waals surface area contributed by atoms with Gasteiger partial charge in [0.05, 0.1) is 7.11 Å². The van der Waals surface area contributed by atoms with E-state index >= 15 is 0 Å². The Morgan fingerprint density at radius 1 is 1.44 bits per heavy atom. The molecule has 1 aromatic rings. The van der Waals surface area contributed by atoms with E-state index in [1.165, 1.54) is 7.11 Å². The van der Waals surface area contributed by atoms with Crippen LogP contribution in [0.25, 0.3) is 0 Å². The monoisotopic (exact) mass is 245 g/mol. The highest BCUT2D eigenvalue weighted by Crippen LogP contribution is 2.42. The number of amides is 1. The summed E-state index contributed by atoms with van der Waals surface area (Å²) in [5, 5.41) is 2.73. The van der Waals surface area contributed by atoms with E-state index < -0.39 is 11.4 Å². The molecule has 0 unspecified atom stereocenters. The van der Waals surface area contributed by atoms with Crippen molar-refractivity contribution < 1.29 is 14.3 Å². The number of rotatable bonds is 3. The number of hydrogen-bond acceptors (Lipinski definition) is 3. The smallest absolute Gasteiger partial charge is 0.326 e. The Morgan fingerprint density at radius 2 is 2.11 bits per heavy atom. The van der Waals surface area contributed by atoms with Gasteiger partial charge in [0.25, 0.3) is 0 Å². The molecule has 4 heteroatoms. The van der Waals surface area contributed by atoms with Gasteiger partial charge in [-0.25, -0.2) is 0 Å². The minimum absolute atomic E-state index is 0.252. The summed E-state index contributed by atoms with van der Waals surface area (Å²) in [5.74, 6) is -0.897. The fourth-order valence-corrected chi connectivity index (χ4v) is 2.39. The van der Waals surface area contributed by atoms with Crippen molar-refractivity contribution in [3.8, 4) is 0 Å². The van der Waals surface area contributed by atoms with Crippen LogP contribution in [0.15, 0.2) is 36.4 Å². The Hall–Kier alpha value is -2.10. The summed E-state index contributed by atoms with van der Waals surface area (Å²) in [6, 6.07) is 7.16. The van der Waals surface area contributed by atoms with E-state index in [1.807, 2.05) is 6.07 Å². The summed E-state index contributed by atoms with van der Waals surface area (Å²) in [5.41, 5.74) is 0.781. The van der Waals surface area contributed by atoms with Gasteiger partial charge in [-0.3, -0.25) is 9.59 Å². The number of benzene rings is 1. The second-order valence-electron chi connectivity index (χ2n) is 4.53. The summed E-state index contributed by atoms with van der Waals surface area (Å²) in [7, 11) is 1.29. The van der Waals surface area contributed by atoms with Gasteiger partial charge in [-0.05, 0) is 19.4 Å². The van der Waals surface area contributed by atoms with Crippen molar-refractivity contribution in [2.45, 2.75) is 18.8 Å². The second kappa shape index (κ2) is 4.29. The van der Waals surface area contributed by atoms with Gasteiger partial charge in [0.1, 0.15) is 0 Å². The molecule has 0 radical (unpaired) electrons. The first-order valence-corrected chi connectivity index (χ1v) is 5.66. The number of esters is 1. The lowest BCUT2D eigenvalue weighted by molar-refractivity contribution is -0.150. The minimum Gasteiger partial charge on any atom is -0.468 e. The number of carbonyl (C=O) groups is 2. The number of fused-ring (bicyclic) bond motifs is 1. The topological polar surface area (TPSA) is 55.4 Å². The molecule has 1 amide bonds. The van der Waals surface area contributed by atoms with E-state index in [9.17, 15) is 9.59 Å². The lowest BCUT2D eigenvalue weighted by Gasteiger charge is -2.24. The van der Waals surface area contributed by atoms with Gasteiger partial charge in [0.2, 0.25) is 5.91 Å². The van der Waals surface area contributed by atoms with Gasteiger partial charge < -0.3 is 10.1 Å². The minimum atomic E-state index is -1.29. The zero-order valence-electron chi connectivity index (χ0n) is 10.4.